The Bertz CT molecular complexity index is 5220. The van der Waals surface area contributed by atoms with E-state index in [1.807, 2.05) is 182 Å². The Labute approximate surface area is 516 Å². The predicted octanol–water partition coefficient (Wildman–Crippen LogP) is 20.7. The second kappa shape index (κ2) is 22.2. The normalized spacial score (nSPS) is 11.4. The molecule has 0 N–H and O–H groups in total. The molecule has 0 bridgehead atoms. The minimum absolute atomic E-state index is 0.288. The van der Waals surface area contributed by atoms with Crippen molar-refractivity contribution < 1.29 is 8.78 Å². The zero-order valence-corrected chi connectivity index (χ0v) is 48.0. The lowest BCUT2D eigenvalue weighted by Crippen LogP contribution is -2.02. The van der Waals surface area contributed by atoms with Crippen molar-refractivity contribution in [3.63, 3.8) is 0 Å². The zero-order valence-electron chi connectivity index (χ0n) is 48.0. The molecule has 6 heterocycles. The van der Waals surface area contributed by atoms with Gasteiger partial charge in [0, 0.05) is 89.6 Å². The summed E-state index contributed by atoms with van der Waals surface area (Å²) in [7, 11) is 0. The number of pyridine rings is 3. The van der Waals surface area contributed by atoms with Gasteiger partial charge in [-0.05, 0) is 127 Å². The Hall–Kier alpha value is -12.3. The topological polar surface area (TPSA) is 78.7 Å². The molecule has 0 fully saturated rings. The van der Waals surface area contributed by atoms with E-state index in [1.165, 1.54) is 12.1 Å². The second-order valence-corrected chi connectivity index (χ2v) is 22.2. The summed E-state index contributed by atoms with van der Waals surface area (Å²) in [4.78, 5) is 29.7. The number of benzene rings is 10. The van der Waals surface area contributed by atoms with E-state index in [0.29, 0.717) is 28.5 Å². The van der Waals surface area contributed by atoms with Crippen molar-refractivity contribution in [2.24, 2.45) is 0 Å². The number of nitrogens with zero attached hydrogens (tertiary/aromatic N) is 8. The lowest BCUT2D eigenvalue weighted by molar-refractivity contribution is 0.584. The first kappa shape index (κ1) is 53.2. The summed E-state index contributed by atoms with van der Waals surface area (Å²) in [5, 5.41) is 3.56. The van der Waals surface area contributed by atoms with Crippen molar-refractivity contribution in [1.82, 2.24) is 34.1 Å². The van der Waals surface area contributed by atoms with Gasteiger partial charge < -0.3 is 9.13 Å². The molecule has 0 amide bonds. The molecule has 16 aromatic rings. The maximum absolute atomic E-state index is 16.0. The first-order valence-electron chi connectivity index (χ1n) is 29.5. The number of hydrogen-bond donors (Lipinski definition) is 0. The summed E-state index contributed by atoms with van der Waals surface area (Å²) in [6.45, 7) is 9.12. The molecule has 0 saturated carbocycles. The molecular weight excluding hydrogens is 1110 g/mol. The molecule has 0 saturated heterocycles. The van der Waals surface area contributed by atoms with E-state index in [2.05, 4.69) is 98.9 Å². The lowest BCUT2D eigenvalue weighted by Gasteiger charge is -2.19. The van der Waals surface area contributed by atoms with Crippen LogP contribution < -0.4 is 0 Å². The van der Waals surface area contributed by atoms with E-state index < -0.39 is 11.6 Å². The fourth-order valence-corrected chi connectivity index (χ4v) is 12.5. The van der Waals surface area contributed by atoms with E-state index in [4.69, 9.17) is 31.5 Å². The third kappa shape index (κ3) is 9.60. The van der Waals surface area contributed by atoms with Crippen molar-refractivity contribution in [1.29, 1.82) is 0 Å². The molecule has 0 aliphatic rings. The van der Waals surface area contributed by atoms with Gasteiger partial charge in [-0.1, -0.05) is 158 Å². The van der Waals surface area contributed by atoms with Crippen molar-refractivity contribution >= 4 is 49.3 Å². The summed E-state index contributed by atoms with van der Waals surface area (Å²) in [6, 6.07) is 92.8. The van der Waals surface area contributed by atoms with E-state index in [-0.39, 0.29) is 5.56 Å². The summed E-state index contributed by atoms with van der Waals surface area (Å²) in [6.07, 6.45) is 1.78. The molecule has 0 aliphatic carbocycles. The zero-order chi connectivity index (χ0) is 60.2. The van der Waals surface area contributed by atoms with Gasteiger partial charge in [0.2, 0.25) is 5.69 Å². The molecule has 0 radical (unpaired) electrons. The van der Waals surface area contributed by atoms with Crippen LogP contribution in [0.4, 0.5) is 14.5 Å². The second-order valence-electron chi connectivity index (χ2n) is 22.2. The van der Waals surface area contributed by atoms with Crippen molar-refractivity contribution in [2.75, 3.05) is 0 Å². The van der Waals surface area contributed by atoms with Crippen LogP contribution in [0.5, 0.6) is 0 Å². The van der Waals surface area contributed by atoms with Crippen LogP contribution in [-0.2, 0) is 0 Å². The molecule has 10 aromatic carbocycles. The first-order chi connectivity index (χ1) is 44.3. The number of aromatic nitrogens is 7. The quantitative estimate of drug-likeness (QED) is 0.121. The monoisotopic (exact) mass is 1160 g/mol. The van der Waals surface area contributed by atoms with Crippen LogP contribution in [0, 0.1) is 18.2 Å². The Morgan fingerprint density at radius 2 is 0.644 bits per heavy atom. The van der Waals surface area contributed by atoms with E-state index in [1.54, 1.807) is 6.20 Å². The standard InChI is InChI=1S/C80H48F2N8/c1-83-73-49-78(89-74-35-31-54(69-28-14-25-66(85-69)50-17-6-2-7-18-50)45-64(74)65-46-57(34-38-75(65)89)80-84-40-39-72(88-80)53-23-12-5-13-24-53)61(58-41-59(81)47-60(82)42-58)48-79(73)90-76-36-32-55(70-29-15-26-67(86-70)51-19-8-3-9-20-51)43-62(76)63-44-56(33-37-77(63)90)71-30-16-27-68(87-71)52-21-10-4-11-22-52/h2-49H. The van der Waals surface area contributed by atoms with Gasteiger partial charge in [-0.15, -0.1) is 0 Å². The third-order valence-corrected chi connectivity index (χ3v) is 16.7. The lowest BCUT2D eigenvalue weighted by atomic mass is 10.0. The average molecular weight is 1160 g/mol. The van der Waals surface area contributed by atoms with Crippen molar-refractivity contribution in [3.8, 4) is 113 Å². The first-order valence-corrected chi connectivity index (χ1v) is 29.5. The minimum atomic E-state index is -0.738. The van der Waals surface area contributed by atoms with Crippen LogP contribution in [0.25, 0.3) is 161 Å². The van der Waals surface area contributed by atoms with Crippen molar-refractivity contribution in [3.05, 3.63) is 314 Å². The number of fused-ring (bicyclic) bond motifs is 6. The van der Waals surface area contributed by atoms with Crippen LogP contribution in [0.3, 0.4) is 0 Å². The fourth-order valence-electron chi connectivity index (χ4n) is 12.5. The Balaban J connectivity index is 0.930. The molecule has 0 aliphatic heterocycles. The van der Waals surface area contributed by atoms with Crippen LogP contribution in [0.2, 0.25) is 0 Å². The highest BCUT2D eigenvalue weighted by atomic mass is 19.1. The van der Waals surface area contributed by atoms with Gasteiger partial charge in [0.05, 0.1) is 74.2 Å². The third-order valence-electron chi connectivity index (χ3n) is 16.7. The molecule has 8 nitrogen and oxygen atoms in total. The van der Waals surface area contributed by atoms with Gasteiger partial charge in [0.25, 0.3) is 0 Å². The van der Waals surface area contributed by atoms with Crippen LogP contribution >= 0.6 is 0 Å². The summed E-state index contributed by atoms with van der Waals surface area (Å²) in [5.41, 5.74) is 18.5. The highest BCUT2D eigenvalue weighted by Gasteiger charge is 2.25. The Morgan fingerprint density at radius 3 is 1.04 bits per heavy atom. The Morgan fingerprint density at radius 1 is 0.289 bits per heavy atom. The van der Waals surface area contributed by atoms with Gasteiger partial charge >= 0.3 is 0 Å². The van der Waals surface area contributed by atoms with Gasteiger partial charge in [0.1, 0.15) is 11.6 Å². The smallest absolute Gasteiger partial charge is 0.212 e. The van der Waals surface area contributed by atoms with Crippen molar-refractivity contribution in [2.45, 2.75) is 0 Å². The molecule has 0 unspecified atom stereocenters. The van der Waals surface area contributed by atoms with E-state index >= 15 is 8.78 Å². The largest absolute Gasteiger partial charge is 0.319 e. The molecule has 422 valence electrons. The Kier molecular flexibility index (Phi) is 13.1. The SMILES string of the molecule is [C-]#[N+]c1cc(-n2c3ccc(-c4cccc(-c5ccccc5)n4)cc3c3cc(-c4nccc(-c5ccccc5)n4)ccc32)c(-c2cc(F)cc(F)c2)cc1-n1c2ccc(-c3cccc(-c4ccccc4)n3)cc2c2cc(-c3cccc(-c4ccccc4)n3)ccc21. The number of halogens is 2. The summed E-state index contributed by atoms with van der Waals surface area (Å²) in [5.74, 6) is -0.932. The average Bonchev–Trinajstić information content (AvgIpc) is 1.72. The van der Waals surface area contributed by atoms with Crippen LogP contribution in [-0.4, -0.2) is 34.1 Å². The molecule has 16 rings (SSSR count). The molecular formula is C80H48F2N8. The fraction of sp³-hybridized carbons (Fsp3) is 0. The molecule has 0 spiro atoms. The predicted molar refractivity (Wildman–Crippen MR) is 359 cm³/mol. The van der Waals surface area contributed by atoms with Crippen LogP contribution in [0.15, 0.2) is 291 Å². The molecule has 10 heteroatoms. The number of hydrogen-bond acceptors (Lipinski definition) is 5. The number of rotatable bonds is 11. The summed E-state index contributed by atoms with van der Waals surface area (Å²) < 4.78 is 36.2. The highest BCUT2D eigenvalue weighted by molar-refractivity contribution is 6.14. The molecule has 90 heavy (non-hydrogen) atoms. The van der Waals surface area contributed by atoms with Gasteiger partial charge in [-0.2, -0.15) is 0 Å². The van der Waals surface area contributed by atoms with Gasteiger partial charge in [-0.3, -0.25) is 0 Å². The van der Waals surface area contributed by atoms with E-state index in [9.17, 15) is 0 Å². The van der Waals surface area contributed by atoms with Gasteiger partial charge in [0.15, 0.2) is 5.82 Å². The minimum Gasteiger partial charge on any atom is -0.319 e. The maximum Gasteiger partial charge on any atom is 0.212 e. The molecule has 6 aromatic heterocycles. The van der Waals surface area contributed by atoms with Crippen LogP contribution in [0.1, 0.15) is 0 Å². The maximum atomic E-state index is 16.0. The van der Waals surface area contributed by atoms with Gasteiger partial charge in [-0.25, -0.2) is 38.5 Å². The summed E-state index contributed by atoms with van der Waals surface area (Å²) >= 11 is 0. The molecule has 0 atom stereocenters. The van der Waals surface area contributed by atoms with E-state index in [0.717, 1.165) is 134 Å². The highest BCUT2D eigenvalue weighted by Crippen LogP contribution is 2.46.